The summed E-state index contributed by atoms with van der Waals surface area (Å²) in [6, 6.07) is 8.92. The van der Waals surface area contributed by atoms with Gasteiger partial charge in [-0.1, -0.05) is 30.4 Å². The number of aliphatic imine (C=N–C) groups is 1. The van der Waals surface area contributed by atoms with Gasteiger partial charge in [0, 0.05) is 13.5 Å². The molecule has 4 heteroatoms. The maximum Gasteiger partial charge on any atom is 0.210 e. The average Bonchev–Trinajstić information content (AvgIpc) is 2.74. The highest BCUT2D eigenvalue weighted by Crippen LogP contribution is 2.11. The van der Waals surface area contributed by atoms with Crippen LogP contribution in [0.2, 0.25) is 0 Å². The van der Waals surface area contributed by atoms with E-state index in [0.29, 0.717) is 17.7 Å². The van der Waals surface area contributed by atoms with Crippen molar-refractivity contribution in [3.63, 3.8) is 0 Å². The van der Waals surface area contributed by atoms with Crippen molar-refractivity contribution in [2.24, 2.45) is 4.99 Å². The van der Waals surface area contributed by atoms with E-state index in [9.17, 15) is 9.59 Å². The molecule has 1 aromatic rings. The molecule has 0 unspecified atom stereocenters. The first-order chi connectivity index (χ1) is 10.7. The number of benzene rings is 1. The number of carbonyl (C=O) groups is 2. The van der Waals surface area contributed by atoms with Gasteiger partial charge in [0.25, 0.3) is 0 Å². The van der Waals surface area contributed by atoms with Gasteiger partial charge in [-0.2, -0.15) is 5.26 Å². The summed E-state index contributed by atoms with van der Waals surface area (Å²) in [5, 5.41) is 8.85. The van der Waals surface area contributed by atoms with Crippen LogP contribution in [0.4, 0.5) is 0 Å². The molecule has 0 N–H and O–H groups in total. The molecular weight excluding hydrogens is 276 g/mol. The zero-order valence-electron chi connectivity index (χ0n) is 12.1. The first-order valence-electron chi connectivity index (χ1n) is 6.75. The summed E-state index contributed by atoms with van der Waals surface area (Å²) in [6.45, 7) is 0. The Morgan fingerprint density at radius 2 is 2.23 bits per heavy atom. The van der Waals surface area contributed by atoms with Gasteiger partial charge in [-0.05, 0) is 29.8 Å². The van der Waals surface area contributed by atoms with Crippen LogP contribution in [-0.4, -0.2) is 24.3 Å². The predicted octanol–water partition coefficient (Wildman–Crippen LogP) is 2.67. The lowest BCUT2D eigenvalue weighted by atomic mass is 10.0. The fraction of sp³-hybridized carbons (Fsp3) is 0.111. The highest BCUT2D eigenvalue weighted by atomic mass is 16.1. The fourth-order valence-corrected chi connectivity index (χ4v) is 2.03. The summed E-state index contributed by atoms with van der Waals surface area (Å²) in [4.78, 5) is 28.3. The van der Waals surface area contributed by atoms with Gasteiger partial charge in [0.15, 0.2) is 5.78 Å². The van der Waals surface area contributed by atoms with E-state index in [-0.39, 0.29) is 17.1 Å². The number of ketones is 2. The van der Waals surface area contributed by atoms with E-state index >= 15 is 0 Å². The minimum absolute atomic E-state index is 0.0991. The van der Waals surface area contributed by atoms with E-state index in [1.807, 2.05) is 6.07 Å². The molecule has 0 fully saturated rings. The Labute approximate surface area is 128 Å². The quantitative estimate of drug-likeness (QED) is 0.634. The lowest BCUT2D eigenvalue weighted by Gasteiger charge is -2.02. The SMILES string of the molecule is CN=C1CC=CC=C(C(=O)/C=C/c2cccc(C#N)c2)C1=O. The smallest absolute Gasteiger partial charge is 0.210 e. The molecule has 0 amide bonds. The predicted molar refractivity (Wildman–Crippen MR) is 85.4 cm³/mol. The molecule has 0 atom stereocenters. The van der Waals surface area contributed by atoms with Crippen LogP contribution in [-0.2, 0) is 9.59 Å². The van der Waals surface area contributed by atoms with Crippen molar-refractivity contribution in [3.8, 4) is 6.07 Å². The normalized spacial score (nSPS) is 16.5. The van der Waals surface area contributed by atoms with E-state index in [1.54, 1.807) is 42.5 Å². The van der Waals surface area contributed by atoms with Crippen LogP contribution in [0.15, 0.2) is 59.1 Å². The van der Waals surface area contributed by atoms with E-state index in [4.69, 9.17) is 5.26 Å². The van der Waals surface area contributed by atoms with E-state index in [2.05, 4.69) is 4.99 Å². The second-order valence-electron chi connectivity index (χ2n) is 4.65. The standard InChI is InChI=1S/C18H14N2O2/c1-20-16-8-3-2-7-15(18(16)22)17(21)10-9-13-5-4-6-14(11-13)12-19/h2-7,9-11H,8H2,1H3/b10-9+,20-16?. The zero-order valence-corrected chi connectivity index (χ0v) is 12.1. The van der Waals surface area contributed by atoms with Crippen molar-refractivity contribution >= 4 is 23.4 Å². The Morgan fingerprint density at radius 3 is 2.95 bits per heavy atom. The Bertz CT molecular complexity index is 775. The van der Waals surface area contributed by atoms with Crippen molar-refractivity contribution in [2.75, 3.05) is 7.05 Å². The largest absolute Gasteiger partial charge is 0.289 e. The molecule has 22 heavy (non-hydrogen) atoms. The first kappa shape index (κ1) is 15.3. The van der Waals surface area contributed by atoms with E-state index in [1.165, 1.54) is 19.2 Å². The van der Waals surface area contributed by atoms with Crippen molar-refractivity contribution in [1.29, 1.82) is 5.26 Å². The minimum Gasteiger partial charge on any atom is -0.289 e. The third-order valence-electron chi connectivity index (χ3n) is 3.20. The number of carbonyl (C=O) groups excluding carboxylic acids is 2. The summed E-state index contributed by atoms with van der Waals surface area (Å²) in [6.07, 6.45) is 8.35. The molecule has 0 saturated heterocycles. The molecule has 0 aromatic heterocycles. The van der Waals surface area contributed by atoms with Crippen LogP contribution < -0.4 is 0 Å². The number of nitrogens with zero attached hydrogens (tertiary/aromatic N) is 2. The number of nitriles is 1. The molecule has 1 aliphatic rings. The molecule has 4 nitrogen and oxygen atoms in total. The lowest BCUT2D eigenvalue weighted by molar-refractivity contribution is -0.116. The third-order valence-corrected chi connectivity index (χ3v) is 3.20. The molecule has 0 aliphatic heterocycles. The summed E-state index contributed by atoms with van der Waals surface area (Å²) in [5.41, 5.74) is 1.71. The Balaban J connectivity index is 2.23. The third kappa shape index (κ3) is 3.53. The van der Waals surface area contributed by atoms with Gasteiger partial charge in [-0.15, -0.1) is 0 Å². The van der Waals surface area contributed by atoms with Gasteiger partial charge in [0.05, 0.1) is 22.9 Å². The maximum absolute atomic E-state index is 12.2. The molecule has 0 heterocycles. The summed E-state index contributed by atoms with van der Waals surface area (Å²) in [7, 11) is 1.54. The number of hydrogen-bond donors (Lipinski definition) is 0. The first-order valence-corrected chi connectivity index (χ1v) is 6.75. The van der Waals surface area contributed by atoms with Crippen molar-refractivity contribution in [1.82, 2.24) is 0 Å². The number of Topliss-reactive ketones (excluding diaryl/α,β-unsaturated/α-hetero) is 1. The highest BCUT2D eigenvalue weighted by molar-refractivity contribution is 6.52. The van der Waals surface area contributed by atoms with Crippen LogP contribution in [0.5, 0.6) is 0 Å². The summed E-state index contributed by atoms with van der Waals surface area (Å²) in [5.74, 6) is -0.715. The molecule has 1 aromatic carbocycles. The molecule has 1 aliphatic carbocycles. The monoisotopic (exact) mass is 290 g/mol. The number of hydrogen-bond acceptors (Lipinski definition) is 4. The van der Waals surface area contributed by atoms with Gasteiger partial charge in [0.2, 0.25) is 5.78 Å². The molecule has 0 spiro atoms. The average molecular weight is 290 g/mol. The van der Waals surface area contributed by atoms with Crippen LogP contribution >= 0.6 is 0 Å². The Morgan fingerprint density at radius 1 is 1.41 bits per heavy atom. The van der Waals surface area contributed by atoms with E-state index < -0.39 is 0 Å². The van der Waals surface area contributed by atoms with Crippen LogP contribution in [0, 0.1) is 11.3 Å². The van der Waals surface area contributed by atoms with Crippen LogP contribution in [0.3, 0.4) is 0 Å². The topological polar surface area (TPSA) is 70.3 Å². The molecule has 0 radical (unpaired) electrons. The molecular formula is C18H14N2O2. The Hall–Kier alpha value is -3.06. The van der Waals surface area contributed by atoms with Crippen molar-refractivity contribution in [3.05, 3.63) is 65.3 Å². The second kappa shape index (κ2) is 7.09. The highest BCUT2D eigenvalue weighted by Gasteiger charge is 2.21. The van der Waals surface area contributed by atoms with Gasteiger partial charge in [0.1, 0.15) is 0 Å². The molecule has 108 valence electrons. The van der Waals surface area contributed by atoms with Crippen LogP contribution in [0.1, 0.15) is 17.5 Å². The molecule has 2 rings (SSSR count). The second-order valence-corrected chi connectivity index (χ2v) is 4.65. The molecule has 0 bridgehead atoms. The minimum atomic E-state index is -0.375. The fourth-order valence-electron chi connectivity index (χ4n) is 2.03. The lowest BCUT2D eigenvalue weighted by Crippen LogP contribution is -2.19. The summed E-state index contributed by atoms with van der Waals surface area (Å²) >= 11 is 0. The summed E-state index contributed by atoms with van der Waals surface area (Å²) < 4.78 is 0. The van der Waals surface area contributed by atoms with Gasteiger partial charge < -0.3 is 0 Å². The number of allylic oxidation sites excluding steroid dienone is 5. The van der Waals surface area contributed by atoms with Crippen LogP contribution in [0.25, 0.3) is 6.08 Å². The Kier molecular flexibility index (Phi) is 4.94. The number of rotatable bonds is 3. The molecule has 0 saturated carbocycles. The maximum atomic E-state index is 12.2. The van der Waals surface area contributed by atoms with Crippen molar-refractivity contribution in [2.45, 2.75) is 6.42 Å². The van der Waals surface area contributed by atoms with E-state index in [0.717, 1.165) is 5.56 Å². The van der Waals surface area contributed by atoms with Gasteiger partial charge in [-0.3, -0.25) is 14.6 Å². The van der Waals surface area contributed by atoms with Gasteiger partial charge in [-0.25, -0.2) is 0 Å². The van der Waals surface area contributed by atoms with Crippen molar-refractivity contribution < 1.29 is 9.59 Å². The zero-order chi connectivity index (χ0) is 15.9. The van der Waals surface area contributed by atoms with Gasteiger partial charge >= 0.3 is 0 Å².